The minimum absolute atomic E-state index is 0.147. The molecule has 88 valence electrons. The molecule has 0 saturated carbocycles. The molecule has 0 heterocycles. The Morgan fingerprint density at radius 1 is 1.56 bits per heavy atom. The fourth-order valence-electron chi connectivity index (χ4n) is 1.48. The van der Waals surface area contributed by atoms with Gasteiger partial charge in [0.25, 0.3) is 5.91 Å². The van der Waals surface area contributed by atoms with E-state index in [4.69, 9.17) is 10.5 Å². The van der Waals surface area contributed by atoms with E-state index < -0.39 is 6.10 Å². The highest BCUT2D eigenvalue weighted by Crippen LogP contribution is 2.24. The molecule has 0 aliphatic heterocycles. The lowest BCUT2D eigenvalue weighted by Crippen LogP contribution is -2.34. The van der Waals surface area contributed by atoms with Crippen molar-refractivity contribution in [2.75, 3.05) is 7.05 Å². The highest BCUT2D eigenvalue weighted by atomic mass is 16.5. The predicted octanol–water partition coefficient (Wildman–Crippen LogP) is 0.967. The molecular formula is C12H18N2O2. The summed E-state index contributed by atoms with van der Waals surface area (Å²) in [6, 6.07) is 5.76. The number of nitrogens with one attached hydrogen (secondary N) is 1. The van der Waals surface area contributed by atoms with Gasteiger partial charge in [-0.05, 0) is 19.4 Å². The topological polar surface area (TPSA) is 64.3 Å². The highest BCUT2D eigenvalue weighted by molar-refractivity contribution is 5.80. The number of para-hydroxylation sites is 1. The molecule has 1 rings (SSSR count). The summed E-state index contributed by atoms with van der Waals surface area (Å²) < 4.78 is 5.63. The van der Waals surface area contributed by atoms with Crippen molar-refractivity contribution in [2.24, 2.45) is 5.73 Å². The first kappa shape index (κ1) is 12.5. The minimum atomic E-state index is -0.517. The molecule has 0 aliphatic rings. The Kier molecular flexibility index (Phi) is 4.31. The van der Waals surface area contributed by atoms with Crippen LogP contribution >= 0.6 is 0 Å². The van der Waals surface area contributed by atoms with Crippen molar-refractivity contribution in [1.82, 2.24) is 5.32 Å². The van der Waals surface area contributed by atoms with Crippen LogP contribution in [0, 0.1) is 6.92 Å². The van der Waals surface area contributed by atoms with Gasteiger partial charge in [-0.25, -0.2) is 0 Å². The van der Waals surface area contributed by atoms with Crippen LogP contribution in [0.25, 0.3) is 0 Å². The lowest BCUT2D eigenvalue weighted by atomic mass is 10.1. The molecule has 0 fully saturated rings. The molecule has 0 saturated heterocycles. The van der Waals surface area contributed by atoms with Crippen molar-refractivity contribution in [3.8, 4) is 5.75 Å². The molecule has 0 aliphatic carbocycles. The molecular weight excluding hydrogens is 204 g/mol. The van der Waals surface area contributed by atoms with Gasteiger partial charge in [0.2, 0.25) is 0 Å². The Balaban J connectivity index is 2.91. The van der Waals surface area contributed by atoms with Gasteiger partial charge in [-0.3, -0.25) is 4.79 Å². The third-order valence-electron chi connectivity index (χ3n) is 2.42. The van der Waals surface area contributed by atoms with Gasteiger partial charge >= 0.3 is 0 Å². The zero-order valence-electron chi connectivity index (χ0n) is 9.91. The number of benzene rings is 1. The van der Waals surface area contributed by atoms with Gasteiger partial charge in [0.15, 0.2) is 6.10 Å². The number of aryl methyl sites for hydroxylation is 1. The second kappa shape index (κ2) is 5.51. The quantitative estimate of drug-likeness (QED) is 0.797. The average Bonchev–Trinajstić information content (AvgIpc) is 2.30. The van der Waals surface area contributed by atoms with E-state index in [0.29, 0.717) is 12.3 Å². The minimum Gasteiger partial charge on any atom is -0.480 e. The molecule has 1 aromatic rings. The molecule has 16 heavy (non-hydrogen) atoms. The van der Waals surface area contributed by atoms with Crippen LogP contribution in [0.5, 0.6) is 5.75 Å². The van der Waals surface area contributed by atoms with Crippen molar-refractivity contribution >= 4 is 5.91 Å². The van der Waals surface area contributed by atoms with Crippen LogP contribution in [0.2, 0.25) is 0 Å². The van der Waals surface area contributed by atoms with Crippen LogP contribution in [0.3, 0.4) is 0 Å². The van der Waals surface area contributed by atoms with Gasteiger partial charge in [-0.2, -0.15) is 0 Å². The predicted molar refractivity (Wildman–Crippen MR) is 63.2 cm³/mol. The Morgan fingerprint density at radius 2 is 2.25 bits per heavy atom. The summed E-state index contributed by atoms with van der Waals surface area (Å²) in [5.41, 5.74) is 7.52. The molecule has 1 aromatic carbocycles. The highest BCUT2D eigenvalue weighted by Gasteiger charge is 2.15. The van der Waals surface area contributed by atoms with E-state index in [2.05, 4.69) is 5.32 Å². The second-order valence-electron chi connectivity index (χ2n) is 3.64. The smallest absolute Gasteiger partial charge is 0.260 e. The molecule has 0 bridgehead atoms. The average molecular weight is 222 g/mol. The zero-order valence-corrected chi connectivity index (χ0v) is 9.91. The number of amides is 1. The summed E-state index contributed by atoms with van der Waals surface area (Å²) >= 11 is 0. The van der Waals surface area contributed by atoms with Crippen LogP contribution in [0.4, 0.5) is 0 Å². The molecule has 4 heteroatoms. The molecule has 3 N–H and O–H groups in total. The number of hydrogen-bond acceptors (Lipinski definition) is 3. The number of rotatable bonds is 4. The fraction of sp³-hybridized carbons (Fsp3) is 0.417. The third kappa shape index (κ3) is 2.73. The monoisotopic (exact) mass is 222 g/mol. The largest absolute Gasteiger partial charge is 0.480 e. The first-order valence-corrected chi connectivity index (χ1v) is 5.27. The maximum Gasteiger partial charge on any atom is 0.260 e. The molecule has 0 aromatic heterocycles. The van der Waals surface area contributed by atoms with Crippen LogP contribution in [0.15, 0.2) is 18.2 Å². The van der Waals surface area contributed by atoms with E-state index in [1.807, 2.05) is 25.1 Å². The van der Waals surface area contributed by atoms with Crippen molar-refractivity contribution < 1.29 is 9.53 Å². The van der Waals surface area contributed by atoms with Gasteiger partial charge in [0, 0.05) is 19.2 Å². The summed E-state index contributed by atoms with van der Waals surface area (Å²) in [6.45, 7) is 4.05. The van der Waals surface area contributed by atoms with Crippen molar-refractivity contribution in [2.45, 2.75) is 26.5 Å². The van der Waals surface area contributed by atoms with Crippen molar-refractivity contribution in [3.63, 3.8) is 0 Å². The van der Waals surface area contributed by atoms with E-state index in [9.17, 15) is 4.79 Å². The number of carbonyl (C=O) groups excluding carboxylic acids is 1. The SMILES string of the molecule is CNC(=O)C(C)Oc1c(C)cccc1CN. The van der Waals surface area contributed by atoms with Crippen molar-refractivity contribution in [3.05, 3.63) is 29.3 Å². The molecule has 4 nitrogen and oxygen atoms in total. The molecule has 1 amide bonds. The Morgan fingerprint density at radius 3 is 2.81 bits per heavy atom. The summed E-state index contributed by atoms with van der Waals surface area (Å²) in [7, 11) is 1.59. The summed E-state index contributed by atoms with van der Waals surface area (Å²) in [4.78, 5) is 11.4. The van der Waals surface area contributed by atoms with Crippen LogP contribution in [0.1, 0.15) is 18.1 Å². The normalized spacial score (nSPS) is 12.0. The molecule has 0 spiro atoms. The van der Waals surface area contributed by atoms with Crippen LogP contribution in [-0.2, 0) is 11.3 Å². The summed E-state index contributed by atoms with van der Waals surface area (Å²) in [6.07, 6.45) is -0.517. The standard InChI is InChI=1S/C12H18N2O2/c1-8-5-4-6-10(7-13)11(8)16-9(2)12(15)14-3/h4-6,9H,7,13H2,1-3H3,(H,14,15). The van der Waals surface area contributed by atoms with Crippen LogP contribution in [-0.4, -0.2) is 19.1 Å². The number of hydrogen-bond donors (Lipinski definition) is 2. The van der Waals surface area contributed by atoms with Gasteiger partial charge < -0.3 is 15.8 Å². The Labute approximate surface area is 95.8 Å². The van der Waals surface area contributed by atoms with Gasteiger partial charge in [-0.15, -0.1) is 0 Å². The van der Waals surface area contributed by atoms with E-state index in [-0.39, 0.29) is 5.91 Å². The molecule has 1 atom stereocenters. The summed E-state index contributed by atoms with van der Waals surface area (Å²) in [5, 5.41) is 2.55. The Bertz CT molecular complexity index is 377. The van der Waals surface area contributed by atoms with Gasteiger partial charge in [0.05, 0.1) is 0 Å². The lowest BCUT2D eigenvalue weighted by molar-refractivity contribution is -0.126. The Hall–Kier alpha value is -1.55. The first-order chi connectivity index (χ1) is 7.60. The van der Waals surface area contributed by atoms with Crippen molar-refractivity contribution in [1.29, 1.82) is 0 Å². The number of ether oxygens (including phenoxy) is 1. The van der Waals surface area contributed by atoms with Gasteiger partial charge in [0.1, 0.15) is 5.75 Å². The number of carbonyl (C=O) groups is 1. The van der Waals surface area contributed by atoms with E-state index in [1.54, 1.807) is 14.0 Å². The second-order valence-corrected chi connectivity index (χ2v) is 3.64. The summed E-state index contributed by atoms with van der Waals surface area (Å²) in [5.74, 6) is 0.562. The van der Waals surface area contributed by atoms with Gasteiger partial charge in [-0.1, -0.05) is 18.2 Å². The third-order valence-corrected chi connectivity index (χ3v) is 2.42. The molecule has 0 radical (unpaired) electrons. The number of likely N-dealkylation sites (N-methyl/N-ethyl adjacent to an activating group) is 1. The lowest BCUT2D eigenvalue weighted by Gasteiger charge is -2.17. The fourth-order valence-corrected chi connectivity index (χ4v) is 1.48. The van der Waals surface area contributed by atoms with E-state index >= 15 is 0 Å². The van der Waals surface area contributed by atoms with Crippen LogP contribution < -0.4 is 15.8 Å². The maximum absolute atomic E-state index is 11.4. The molecule has 1 unspecified atom stereocenters. The van der Waals surface area contributed by atoms with E-state index in [0.717, 1.165) is 11.1 Å². The number of nitrogens with two attached hydrogens (primary N) is 1. The maximum atomic E-state index is 11.4. The first-order valence-electron chi connectivity index (χ1n) is 5.27. The van der Waals surface area contributed by atoms with E-state index in [1.165, 1.54) is 0 Å². The zero-order chi connectivity index (χ0) is 12.1.